The topological polar surface area (TPSA) is 17.8 Å². The van der Waals surface area contributed by atoms with E-state index in [0.717, 1.165) is 23.4 Å². The highest BCUT2D eigenvalue weighted by molar-refractivity contribution is 6.35. The predicted molar refractivity (Wildman–Crippen MR) is 80.9 cm³/mol. The molecule has 102 valence electrons. The first-order valence-corrected chi connectivity index (χ1v) is 7.80. The zero-order valence-corrected chi connectivity index (χ0v) is 12.6. The molecular formula is C15H18Cl2N2. The molecule has 0 amide bonds. The molecule has 3 rings (SSSR count). The summed E-state index contributed by atoms with van der Waals surface area (Å²) in [6.45, 7) is 3.28. The molecule has 0 saturated heterocycles. The third-order valence-electron chi connectivity index (χ3n) is 4.16. The van der Waals surface area contributed by atoms with Gasteiger partial charge in [0.15, 0.2) is 0 Å². The molecule has 0 radical (unpaired) electrons. The van der Waals surface area contributed by atoms with Gasteiger partial charge in [0, 0.05) is 6.54 Å². The first kappa shape index (κ1) is 13.3. The monoisotopic (exact) mass is 296 g/mol. The zero-order valence-electron chi connectivity index (χ0n) is 11.1. The molecular weight excluding hydrogens is 279 g/mol. The maximum Gasteiger partial charge on any atom is 0.124 e. The highest BCUT2D eigenvalue weighted by Gasteiger charge is 2.42. The van der Waals surface area contributed by atoms with Gasteiger partial charge in [0.25, 0.3) is 0 Å². The average Bonchev–Trinajstić information content (AvgIpc) is 3.06. The average molecular weight is 297 g/mol. The summed E-state index contributed by atoms with van der Waals surface area (Å²) < 4.78 is 2.27. The second kappa shape index (κ2) is 4.99. The van der Waals surface area contributed by atoms with Crippen molar-refractivity contribution in [2.24, 2.45) is 5.41 Å². The number of benzene rings is 1. The van der Waals surface area contributed by atoms with Gasteiger partial charge in [0.2, 0.25) is 0 Å². The van der Waals surface area contributed by atoms with Gasteiger partial charge in [-0.05, 0) is 36.8 Å². The van der Waals surface area contributed by atoms with E-state index < -0.39 is 0 Å². The molecule has 2 aromatic rings. The Balaban J connectivity index is 2.04. The number of fused-ring (bicyclic) bond motifs is 1. The van der Waals surface area contributed by atoms with Crippen LogP contribution in [0.25, 0.3) is 11.0 Å². The summed E-state index contributed by atoms with van der Waals surface area (Å²) in [5.41, 5.74) is 2.48. The second-order valence-electron chi connectivity index (χ2n) is 5.61. The maximum absolute atomic E-state index is 6.23. The van der Waals surface area contributed by atoms with Gasteiger partial charge in [0.1, 0.15) is 11.3 Å². The van der Waals surface area contributed by atoms with Gasteiger partial charge in [-0.1, -0.05) is 31.0 Å². The molecule has 4 heteroatoms. The fourth-order valence-electron chi connectivity index (χ4n) is 2.97. The van der Waals surface area contributed by atoms with E-state index in [2.05, 4.69) is 22.5 Å². The summed E-state index contributed by atoms with van der Waals surface area (Å²) in [4.78, 5) is 4.60. The molecule has 1 saturated carbocycles. The summed E-state index contributed by atoms with van der Waals surface area (Å²) in [7, 11) is 0. The lowest BCUT2D eigenvalue weighted by Gasteiger charge is -2.17. The Labute approximate surface area is 123 Å². The van der Waals surface area contributed by atoms with E-state index in [-0.39, 0.29) is 0 Å². The minimum absolute atomic E-state index is 0.438. The molecule has 0 spiro atoms. The van der Waals surface area contributed by atoms with Crippen LogP contribution in [0.3, 0.4) is 0 Å². The summed E-state index contributed by atoms with van der Waals surface area (Å²) in [5, 5.41) is 0.711. The molecule has 1 aliphatic rings. The molecule has 1 heterocycles. The minimum atomic E-state index is 0.438. The van der Waals surface area contributed by atoms with Crippen LogP contribution in [-0.2, 0) is 12.4 Å². The van der Waals surface area contributed by atoms with Gasteiger partial charge < -0.3 is 4.57 Å². The van der Waals surface area contributed by atoms with Crippen LogP contribution in [0.15, 0.2) is 18.2 Å². The Morgan fingerprint density at radius 3 is 2.79 bits per heavy atom. The Bertz CT molecular complexity index is 599. The molecule has 1 fully saturated rings. The Kier molecular flexibility index (Phi) is 3.48. The maximum atomic E-state index is 6.23. The number of nitrogens with zero attached hydrogens (tertiary/aromatic N) is 2. The first-order chi connectivity index (χ1) is 9.19. The van der Waals surface area contributed by atoms with Gasteiger partial charge in [-0.15, -0.1) is 11.6 Å². The molecule has 0 atom stereocenters. The van der Waals surface area contributed by atoms with Crippen LogP contribution in [0.4, 0.5) is 0 Å². The molecule has 1 aromatic carbocycles. The van der Waals surface area contributed by atoms with E-state index in [1.165, 1.54) is 25.7 Å². The van der Waals surface area contributed by atoms with Crippen LogP contribution in [0.5, 0.6) is 0 Å². The van der Waals surface area contributed by atoms with Gasteiger partial charge in [-0.3, -0.25) is 0 Å². The predicted octanol–water partition coefficient (Wildman–Crippen LogP) is 5.01. The van der Waals surface area contributed by atoms with Crippen molar-refractivity contribution < 1.29 is 0 Å². The van der Waals surface area contributed by atoms with Crippen molar-refractivity contribution in [3.63, 3.8) is 0 Å². The van der Waals surface area contributed by atoms with E-state index in [1.54, 1.807) is 0 Å². The van der Waals surface area contributed by atoms with Crippen molar-refractivity contribution in [2.75, 3.05) is 0 Å². The van der Waals surface area contributed by atoms with Crippen molar-refractivity contribution in [1.29, 1.82) is 0 Å². The number of rotatable bonds is 5. The van der Waals surface area contributed by atoms with E-state index >= 15 is 0 Å². The van der Waals surface area contributed by atoms with Crippen molar-refractivity contribution in [2.45, 2.75) is 45.0 Å². The number of imidazole rings is 1. The standard InChI is InChI=1S/C15H18Cl2N2/c1-2-6-15(7-8-15)10-19-12-5-3-4-11(17)14(12)18-13(19)9-16/h3-5H,2,6-10H2,1H3. The highest BCUT2D eigenvalue weighted by atomic mass is 35.5. The smallest absolute Gasteiger partial charge is 0.124 e. The molecule has 1 aromatic heterocycles. The largest absolute Gasteiger partial charge is 0.326 e. The van der Waals surface area contributed by atoms with E-state index in [9.17, 15) is 0 Å². The minimum Gasteiger partial charge on any atom is -0.326 e. The SMILES string of the molecule is CCCC1(Cn2c(CCl)nc3c(Cl)cccc32)CC1. The summed E-state index contributed by atoms with van der Waals surface area (Å²) >= 11 is 12.3. The van der Waals surface area contributed by atoms with Gasteiger partial charge in [-0.25, -0.2) is 4.98 Å². The van der Waals surface area contributed by atoms with Gasteiger partial charge >= 0.3 is 0 Å². The normalized spacial score (nSPS) is 17.0. The molecule has 19 heavy (non-hydrogen) atoms. The van der Waals surface area contributed by atoms with Crippen LogP contribution in [0.2, 0.25) is 5.02 Å². The number of hydrogen-bond donors (Lipinski definition) is 0. The third-order valence-corrected chi connectivity index (χ3v) is 4.70. The van der Waals surface area contributed by atoms with Crippen LogP contribution in [0.1, 0.15) is 38.4 Å². The van der Waals surface area contributed by atoms with Crippen LogP contribution >= 0.6 is 23.2 Å². The van der Waals surface area contributed by atoms with E-state index in [0.29, 0.717) is 16.3 Å². The lowest BCUT2D eigenvalue weighted by atomic mass is 10.0. The molecule has 0 unspecified atom stereocenters. The third kappa shape index (κ3) is 2.36. The lowest BCUT2D eigenvalue weighted by molar-refractivity contribution is 0.389. The van der Waals surface area contributed by atoms with Crippen LogP contribution < -0.4 is 0 Å². The Morgan fingerprint density at radius 2 is 2.16 bits per heavy atom. The van der Waals surface area contributed by atoms with Crippen LogP contribution in [-0.4, -0.2) is 9.55 Å². The molecule has 0 N–H and O–H groups in total. The Hall–Kier alpha value is -0.730. The first-order valence-electron chi connectivity index (χ1n) is 6.89. The quantitative estimate of drug-likeness (QED) is 0.709. The zero-order chi connectivity index (χ0) is 13.5. The molecule has 0 aliphatic heterocycles. The number of hydrogen-bond acceptors (Lipinski definition) is 1. The summed E-state index contributed by atoms with van der Waals surface area (Å²) in [6, 6.07) is 5.96. The van der Waals surface area contributed by atoms with E-state index in [4.69, 9.17) is 23.2 Å². The van der Waals surface area contributed by atoms with Gasteiger partial charge in [-0.2, -0.15) is 0 Å². The molecule has 0 bridgehead atoms. The van der Waals surface area contributed by atoms with Crippen molar-refractivity contribution in [1.82, 2.24) is 9.55 Å². The second-order valence-corrected chi connectivity index (χ2v) is 6.28. The highest BCUT2D eigenvalue weighted by Crippen LogP contribution is 2.51. The van der Waals surface area contributed by atoms with Crippen molar-refractivity contribution in [3.05, 3.63) is 29.0 Å². The summed E-state index contributed by atoms with van der Waals surface area (Å²) in [5.74, 6) is 1.37. The molecule has 1 aliphatic carbocycles. The summed E-state index contributed by atoms with van der Waals surface area (Å²) in [6.07, 6.45) is 5.17. The van der Waals surface area contributed by atoms with Crippen molar-refractivity contribution in [3.8, 4) is 0 Å². The fraction of sp³-hybridized carbons (Fsp3) is 0.533. The number of para-hydroxylation sites is 1. The number of aromatic nitrogens is 2. The Morgan fingerprint density at radius 1 is 1.37 bits per heavy atom. The number of alkyl halides is 1. The van der Waals surface area contributed by atoms with E-state index in [1.807, 2.05) is 12.1 Å². The van der Waals surface area contributed by atoms with Crippen molar-refractivity contribution >= 4 is 34.2 Å². The van der Waals surface area contributed by atoms with Crippen LogP contribution in [0, 0.1) is 5.41 Å². The van der Waals surface area contributed by atoms with Gasteiger partial charge in [0.05, 0.1) is 16.4 Å². The number of halogens is 2. The fourth-order valence-corrected chi connectivity index (χ4v) is 3.38. The molecule has 2 nitrogen and oxygen atoms in total. The lowest BCUT2D eigenvalue weighted by Crippen LogP contribution is -2.13.